The summed E-state index contributed by atoms with van der Waals surface area (Å²) in [5.74, 6) is 0. The highest BCUT2D eigenvalue weighted by Crippen LogP contribution is 2.35. The Morgan fingerprint density at radius 3 is 2.93 bits per heavy atom. The molecule has 0 bridgehead atoms. The number of hydrogen-bond acceptors (Lipinski definition) is 4. The smallest absolute Gasteiger partial charge is 0.123 e. The van der Waals surface area contributed by atoms with Crippen molar-refractivity contribution in [3.63, 3.8) is 0 Å². The van der Waals surface area contributed by atoms with Gasteiger partial charge in [-0.15, -0.1) is 11.3 Å². The molecule has 2 heterocycles. The number of nitrogens with zero attached hydrogens (tertiary/aromatic N) is 4. The maximum Gasteiger partial charge on any atom is 0.123 e. The predicted molar refractivity (Wildman–Crippen MR) is 62.0 cm³/mol. The Kier molecular flexibility index (Phi) is 2.73. The van der Waals surface area contributed by atoms with Gasteiger partial charge in [-0.3, -0.25) is 0 Å². The summed E-state index contributed by atoms with van der Waals surface area (Å²) < 4.78 is 0. The Bertz CT molecular complexity index is 434. The lowest BCUT2D eigenvalue weighted by atomic mass is 9.97. The molecule has 0 aliphatic carbocycles. The molecular weight excluding hydrogens is 228 g/mol. The van der Waals surface area contributed by atoms with Crippen molar-refractivity contribution in [1.82, 2.24) is 4.98 Å². The van der Waals surface area contributed by atoms with E-state index in [0.29, 0.717) is 0 Å². The first-order valence-electron chi connectivity index (χ1n) is 4.26. The lowest BCUT2D eigenvalue weighted by molar-refractivity contribution is 0.596. The molecule has 2 rings (SSSR count). The first kappa shape index (κ1) is 10.2. The quantitative estimate of drug-likeness (QED) is 0.454. The van der Waals surface area contributed by atoms with E-state index in [9.17, 15) is 0 Å². The number of thiazole rings is 1. The van der Waals surface area contributed by atoms with Crippen LogP contribution in [0.2, 0.25) is 0 Å². The van der Waals surface area contributed by atoms with Crippen LogP contribution in [0.4, 0.5) is 0 Å². The molecule has 6 heteroatoms. The summed E-state index contributed by atoms with van der Waals surface area (Å²) in [5.41, 5.74) is 8.95. The fourth-order valence-corrected chi connectivity index (χ4v) is 2.84. The van der Waals surface area contributed by atoms with E-state index in [1.54, 1.807) is 17.5 Å². The molecule has 0 fully saturated rings. The minimum atomic E-state index is -0.678. The topological polar surface area (TPSA) is 61.7 Å². The molecule has 76 valence electrons. The van der Waals surface area contributed by atoms with E-state index in [-0.39, 0.29) is 0 Å². The highest BCUT2D eigenvalue weighted by Gasteiger charge is 2.30. The van der Waals surface area contributed by atoms with Crippen molar-refractivity contribution in [1.29, 1.82) is 0 Å². The van der Waals surface area contributed by atoms with Gasteiger partial charge in [0.1, 0.15) is 10.5 Å². The van der Waals surface area contributed by atoms with Gasteiger partial charge in [0, 0.05) is 16.5 Å². The van der Waals surface area contributed by atoms with Crippen molar-refractivity contribution in [2.45, 2.75) is 12.5 Å². The summed E-state index contributed by atoms with van der Waals surface area (Å²) in [5, 5.41) is 10.5. The summed E-state index contributed by atoms with van der Waals surface area (Å²) >= 11 is 3.08. The van der Waals surface area contributed by atoms with Gasteiger partial charge in [-0.1, -0.05) is 5.11 Å². The van der Waals surface area contributed by atoms with Crippen molar-refractivity contribution in [2.24, 2.45) is 5.11 Å². The summed E-state index contributed by atoms with van der Waals surface area (Å²) in [6.07, 6.45) is 1.72. The van der Waals surface area contributed by atoms with Crippen LogP contribution in [0.1, 0.15) is 17.5 Å². The zero-order valence-corrected chi connectivity index (χ0v) is 9.63. The second kappa shape index (κ2) is 4.02. The molecular formula is C9H8N4S2. The monoisotopic (exact) mass is 236 g/mol. The van der Waals surface area contributed by atoms with Crippen molar-refractivity contribution >= 4 is 22.7 Å². The average molecular weight is 236 g/mol. The minimum absolute atomic E-state index is 0.678. The fraction of sp³-hybridized carbons (Fsp3) is 0.222. The molecule has 0 radical (unpaired) electrons. The number of aromatic nitrogens is 1. The van der Waals surface area contributed by atoms with Crippen LogP contribution in [-0.4, -0.2) is 4.98 Å². The number of hydrogen-bond donors (Lipinski definition) is 0. The molecule has 0 aromatic carbocycles. The Labute approximate surface area is 94.9 Å². The second-order valence-corrected chi connectivity index (χ2v) is 4.79. The molecule has 0 saturated heterocycles. The Hall–Kier alpha value is -1.36. The largest absolute Gasteiger partial charge is 0.249 e. The van der Waals surface area contributed by atoms with Gasteiger partial charge in [0.15, 0.2) is 0 Å². The molecule has 2 aromatic heterocycles. The molecule has 2 aromatic rings. The molecule has 0 amide bonds. The van der Waals surface area contributed by atoms with Crippen molar-refractivity contribution in [3.05, 3.63) is 49.4 Å². The van der Waals surface area contributed by atoms with Crippen LogP contribution in [0.25, 0.3) is 10.4 Å². The third-order valence-corrected chi connectivity index (χ3v) is 3.84. The second-order valence-electron chi connectivity index (χ2n) is 3.11. The Morgan fingerprint density at radius 1 is 1.53 bits per heavy atom. The van der Waals surface area contributed by atoms with E-state index in [1.165, 1.54) is 11.3 Å². The van der Waals surface area contributed by atoms with E-state index in [1.807, 2.05) is 29.1 Å². The van der Waals surface area contributed by atoms with Crippen molar-refractivity contribution in [3.8, 4) is 0 Å². The third kappa shape index (κ3) is 1.74. The fourth-order valence-electron chi connectivity index (χ4n) is 1.32. The molecule has 0 aliphatic heterocycles. The molecule has 0 aliphatic rings. The van der Waals surface area contributed by atoms with Crippen LogP contribution in [-0.2, 0) is 5.54 Å². The molecule has 15 heavy (non-hydrogen) atoms. The molecule has 4 nitrogen and oxygen atoms in total. The summed E-state index contributed by atoms with van der Waals surface area (Å²) in [7, 11) is 0. The standard InChI is InChI=1S/C9H8N4S2/c1-9(12-13-10,7-2-4-14-6-7)8-11-3-5-15-8/h2-6H,1H3. The van der Waals surface area contributed by atoms with Crippen LogP contribution in [0.3, 0.4) is 0 Å². The first-order valence-corrected chi connectivity index (χ1v) is 6.08. The minimum Gasteiger partial charge on any atom is -0.249 e. The van der Waals surface area contributed by atoms with Gasteiger partial charge in [0.25, 0.3) is 0 Å². The van der Waals surface area contributed by atoms with E-state index in [2.05, 4.69) is 15.0 Å². The maximum absolute atomic E-state index is 8.64. The lowest BCUT2D eigenvalue weighted by Crippen LogP contribution is -2.18. The first-order chi connectivity index (χ1) is 7.27. The third-order valence-electron chi connectivity index (χ3n) is 2.18. The summed E-state index contributed by atoms with van der Waals surface area (Å²) in [6.45, 7) is 1.88. The van der Waals surface area contributed by atoms with Gasteiger partial charge in [-0.05, 0) is 34.8 Å². The van der Waals surface area contributed by atoms with Crippen LogP contribution in [0, 0.1) is 0 Å². The van der Waals surface area contributed by atoms with Crippen molar-refractivity contribution in [2.75, 3.05) is 0 Å². The number of thiophene rings is 1. The molecule has 1 unspecified atom stereocenters. The summed E-state index contributed by atoms with van der Waals surface area (Å²) in [4.78, 5) is 7.14. The highest BCUT2D eigenvalue weighted by atomic mass is 32.1. The number of rotatable bonds is 3. The maximum atomic E-state index is 8.64. The summed E-state index contributed by atoms with van der Waals surface area (Å²) in [6, 6.07) is 1.96. The number of azide groups is 1. The molecule has 0 spiro atoms. The Balaban J connectivity index is 2.55. The Morgan fingerprint density at radius 2 is 2.40 bits per heavy atom. The zero-order valence-electron chi connectivity index (χ0n) is 7.99. The van der Waals surface area contributed by atoms with Gasteiger partial charge < -0.3 is 0 Å². The molecule has 1 atom stereocenters. The molecule has 0 saturated carbocycles. The normalized spacial score (nSPS) is 14.2. The van der Waals surface area contributed by atoms with Crippen LogP contribution < -0.4 is 0 Å². The van der Waals surface area contributed by atoms with Gasteiger partial charge in [-0.2, -0.15) is 11.3 Å². The van der Waals surface area contributed by atoms with Crippen LogP contribution in [0.15, 0.2) is 33.5 Å². The highest BCUT2D eigenvalue weighted by molar-refractivity contribution is 7.09. The predicted octanol–water partition coefficient (Wildman–Crippen LogP) is 3.78. The van der Waals surface area contributed by atoms with Crippen molar-refractivity contribution < 1.29 is 0 Å². The van der Waals surface area contributed by atoms with Crippen LogP contribution in [0.5, 0.6) is 0 Å². The zero-order chi connectivity index (χ0) is 10.7. The molecule has 0 N–H and O–H groups in total. The van der Waals surface area contributed by atoms with E-state index >= 15 is 0 Å². The van der Waals surface area contributed by atoms with E-state index < -0.39 is 5.54 Å². The van der Waals surface area contributed by atoms with E-state index in [4.69, 9.17) is 5.53 Å². The average Bonchev–Trinajstić information content (AvgIpc) is 2.92. The SMILES string of the molecule is CC(N=[N+]=[N-])(c1ccsc1)c1nccs1. The van der Waals surface area contributed by atoms with Crippen LogP contribution >= 0.6 is 22.7 Å². The van der Waals surface area contributed by atoms with Gasteiger partial charge >= 0.3 is 0 Å². The van der Waals surface area contributed by atoms with Gasteiger partial charge in [0.2, 0.25) is 0 Å². The van der Waals surface area contributed by atoms with Gasteiger partial charge in [0.05, 0.1) is 0 Å². The lowest BCUT2D eigenvalue weighted by Gasteiger charge is -2.19. The van der Waals surface area contributed by atoms with E-state index in [0.717, 1.165) is 10.6 Å². The van der Waals surface area contributed by atoms with Gasteiger partial charge in [-0.25, -0.2) is 4.98 Å².